The molecule has 17 nitrogen and oxygen atoms in total. The fourth-order valence-corrected chi connectivity index (χ4v) is 10.6. The molecular weight excluding hydrogens is 829 g/mol. The number of fused-ring (bicyclic) bond motifs is 4. The van der Waals surface area contributed by atoms with Gasteiger partial charge < -0.3 is 19.9 Å². The number of benzene rings is 1. The summed E-state index contributed by atoms with van der Waals surface area (Å²) in [7, 11) is 3.27. The van der Waals surface area contributed by atoms with Gasteiger partial charge in [-0.05, 0) is 76.1 Å². The summed E-state index contributed by atoms with van der Waals surface area (Å²) in [4.78, 5) is 61.7. The van der Waals surface area contributed by atoms with E-state index in [4.69, 9.17) is 9.72 Å². The number of imide groups is 1. The number of alkyl halides is 4. The predicted molar refractivity (Wildman–Crippen MR) is 221 cm³/mol. The second-order valence-corrected chi connectivity index (χ2v) is 17.7. The lowest BCUT2D eigenvalue weighted by Crippen LogP contribution is -2.58. The predicted octanol–water partition coefficient (Wildman–Crippen LogP) is 4.30. The SMILES string of the molecule is CN(C[C@H]1CC[C@H](n2cc(NC(=O)c3cnn4ccc(N5C[C@@H]6C[C@H]5CO6)nc34)c(C(F)F)n2)CC1)C1CCN(c2cccc3c2n(C)c(=O)n3C2CCC(=O)NC2=O)CC1(F)F. The molecule has 334 valence electrons. The van der Waals surface area contributed by atoms with Crippen molar-refractivity contribution >= 4 is 51.6 Å². The summed E-state index contributed by atoms with van der Waals surface area (Å²) >= 11 is 0. The molecule has 0 radical (unpaired) electrons. The summed E-state index contributed by atoms with van der Waals surface area (Å²) in [5.41, 5.74) is 0.678. The highest BCUT2D eigenvalue weighted by atomic mass is 19.3. The minimum Gasteiger partial charge on any atom is -0.374 e. The van der Waals surface area contributed by atoms with Crippen LogP contribution in [0.3, 0.4) is 0 Å². The van der Waals surface area contributed by atoms with Crippen molar-refractivity contribution in [2.45, 2.75) is 94.0 Å². The molecule has 1 saturated carbocycles. The maximum absolute atomic E-state index is 16.2. The molecule has 5 aromatic rings. The van der Waals surface area contributed by atoms with Crippen LogP contribution < -0.4 is 26.1 Å². The van der Waals surface area contributed by atoms with Gasteiger partial charge in [0.05, 0.1) is 66.0 Å². The lowest BCUT2D eigenvalue weighted by molar-refractivity contribution is -0.135. The average molecular weight is 877 g/mol. The largest absolute Gasteiger partial charge is 0.374 e. The first-order chi connectivity index (χ1) is 30.2. The third-order valence-electron chi connectivity index (χ3n) is 13.8. The molecule has 2 unspecified atom stereocenters. The number of halogens is 4. The molecule has 1 aliphatic carbocycles. The Balaban J connectivity index is 0.772. The van der Waals surface area contributed by atoms with Gasteiger partial charge >= 0.3 is 5.69 Å². The second-order valence-electron chi connectivity index (χ2n) is 17.7. The van der Waals surface area contributed by atoms with Gasteiger partial charge in [-0.2, -0.15) is 10.2 Å². The molecular formula is C42H48F4N12O5. The number of rotatable bonds is 10. The molecule has 21 heteroatoms. The quantitative estimate of drug-likeness (QED) is 0.152. The highest BCUT2D eigenvalue weighted by Gasteiger charge is 2.48. The van der Waals surface area contributed by atoms with Crippen molar-refractivity contribution in [3.8, 4) is 0 Å². The number of piperidine rings is 2. The van der Waals surface area contributed by atoms with Gasteiger partial charge in [0, 0.05) is 45.5 Å². The number of aryl methyl sites for hydroxylation is 1. The maximum atomic E-state index is 16.2. The third-order valence-corrected chi connectivity index (χ3v) is 13.8. The Morgan fingerprint density at radius 2 is 1.89 bits per heavy atom. The van der Waals surface area contributed by atoms with Crippen LogP contribution in [-0.4, -0.2) is 120 Å². The molecule has 4 atom stereocenters. The number of para-hydroxylation sites is 1. The first-order valence-electron chi connectivity index (χ1n) is 21.5. The van der Waals surface area contributed by atoms with E-state index in [0.29, 0.717) is 80.1 Å². The molecule has 4 aromatic heterocycles. The number of carbonyl (C=O) groups is 3. The van der Waals surface area contributed by atoms with Crippen LogP contribution in [0.25, 0.3) is 16.7 Å². The van der Waals surface area contributed by atoms with E-state index < -0.39 is 60.1 Å². The molecule has 5 aliphatic rings. The number of anilines is 3. The molecule has 4 aliphatic heterocycles. The zero-order chi connectivity index (χ0) is 43.9. The van der Waals surface area contributed by atoms with Crippen LogP contribution >= 0.6 is 0 Å². The number of hydrogen-bond donors (Lipinski definition) is 2. The molecule has 10 rings (SSSR count). The van der Waals surface area contributed by atoms with Crippen LogP contribution in [0.4, 0.5) is 34.8 Å². The Bertz CT molecular complexity index is 2670. The number of morpholine rings is 1. The number of aromatic nitrogens is 7. The lowest BCUT2D eigenvalue weighted by atomic mass is 9.85. The Morgan fingerprint density at radius 1 is 1.08 bits per heavy atom. The summed E-state index contributed by atoms with van der Waals surface area (Å²) in [5.74, 6) is -3.93. The van der Waals surface area contributed by atoms with E-state index in [0.717, 1.165) is 6.42 Å². The van der Waals surface area contributed by atoms with E-state index >= 15 is 8.78 Å². The Hall–Kier alpha value is -5.83. The molecule has 5 fully saturated rings. The van der Waals surface area contributed by atoms with Crippen LogP contribution in [0.15, 0.2) is 47.7 Å². The Morgan fingerprint density at radius 3 is 2.60 bits per heavy atom. The van der Waals surface area contributed by atoms with Crippen molar-refractivity contribution in [3.63, 3.8) is 0 Å². The first-order valence-corrected chi connectivity index (χ1v) is 21.5. The fourth-order valence-electron chi connectivity index (χ4n) is 10.6. The van der Waals surface area contributed by atoms with E-state index in [1.54, 1.807) is 48.3 Å². The van der Waals surface area contributed by atoms with Gasteiger partial charge in [-0.1, -0.05) is 6.07 Å². The number of nitrogens with one attached hydrogen (secondary N) is 2. The molecule has 0 spiro atoms. The highest BCUT2D eigenvalue weighted by Crippen LogP contribution is 2.40. The second kappa shape index (κ2) is 15.8. The standard InChI is InChI=1S/C42H48F4N12O5/c1-52(32-12-14-54(22-42(32,45)46)29-4-3-5-30-36(29)53(2)41(62)58(30)31-10-11-34(59)50-40(31)61)18-23-6-8-24(9-7-23)57-20-28(35(51-57)37(43)44)48-39(60)27-17-47-56-15-13-33(49-38(27)56)55-19-26-16-25(55)21-63-26/h3-5,13,15,17,20,23-26,31-32,37H,6-12,14,16,18-19,21-22H2,1-2H3,(H,48,60)(H,50,59,61)/t23-,24-,25-,26-,31?,32?/m0/s1. The van der Waals surface area contributed by atoms with Gasteiger partial charge in [0.25, 0.3) is 18.3 Å². The molecule has 8 heterocycles. The van der Waals surface area contributed by atoms with Crippen molar-refractivity contribution < 1.29 is 36.7 Å². The summed E-state index contributed by atoms with van der Waals surface area (Å²) in [6.07, 6.45) is 5.59. The zero-order valence-electron chi connectivity index (χ0n) is 34.8. The van der Waals surface area contributed by atoms with Gasteiger partial charge in [-0.25, -0.2) is 31.9 Å². The van der Waals surface area contributed by atoms with Gasteiger partial charge in [0.15, 0.2) is 11.3 Å². The van der Waals surface area contributed by atoms with Crippen molar-refractivity contribution in [2.24, 2.45) is 13.0 Å². The number of amides is 3. The van der Waals surface area contributed by atoms with Gasteiger partial charge in [0.1, 0.15) is 17.4 Å². The minimum absolute atomic E-state index is 0.0878. The molecule has 1 aromatic carbocycles. The monoisotopic (exact) mass is 876 g/mol. The summed E-state index contributed by atoms with van der Waals surface area (Å²) in [6.45, 7) is 1.48. The molecule has 2 N–H and O–H groups in total. The first kappa shape index (κ1) is 41.2. The topological polar surface area (TPSA) is 169 Å². The van der Waals surface area contributed by atoms with Crippen molar-refractivity contribution in [3.05, 3.63) is 64.6 Å². The minimum atomic E-state index is -3.11. The van der Waals surface area contributed by atoms with Gasteiger partial charge in [-0.3, -0.25) is 38.4 Å². The van der Waals surface area contributed by atoms with Crippen LogP contribution in [0.5, 0.6) is 0 Å². The molecule has 3 amide bonds. The third kappa shape index (κ3) is 7.31. The smallest absolute Gasteiger partial charge is 0.329 e. The molecule has 63 heavy (non-hydrogen) atoms. The van der Waals surface area contributed by atoms with Crippen LogP contribution in [0.2, 0.25) is 0 Å². The van der Waals surface area contributed by atoms with Gasteiger partial charge in [-0.15, -0.1) is 0 Å². The highest BCUT2D eigenvalue weighted by molar-refractivity contribution is 6.08. The zero-order valence-corrected chi connectivity index (χ0v) is 34.8. The van der Waals surface area contributed by atoms with Crippen LogP contribution in [0.1, 0.15) is 85.9 Å². The normalized spacial score (nSPS) is 26.2. The molecule has 2 bridgehead atoms. The van der Waals surface area contributed by atoms with Crippen LogP contribution in [-0.2, 0) is 21.4 Å². The van der Waals surface area contributed by atoms with Gasteiger partial charge in [0.2, 0.25) is 11.8 Å². The van der Waals surface area contributed by atoms with E-state index in [2.05, 4.69) is 25.7 Å². The van der Waals surface area contributed by atoms with Crippen molar-refractivity contribution in [1.29, 1.82) is 0 Å². The number of hydrogen-bond acceptors (Lipinski definition) is 11. The summed E-state index contributed by atoms with van der Waals surface area (Å²) in [5, 5.41) is 13.4. The van der Waals surface area contributed by atoms with E-state index in [1.807, 2.05) is 6.07 Å². The van der Waals surface area contributed by atoms with E-state index in [-0.39, 0.29) is 54.6 Å². The Labute approximate surface area is 357 Å². The average Bonchev–Trinajstić information content (AvgIpc) is 4.11. The van der Waals surface area contributed by atoms with E-state index in [9.17, 15) is 28.0 Å². The van der Waals surface area contributed by atoms with Crippen LogP contribution in [0, 0.1) is 5.92 Å². The lowest BCUT2D eigenvalue weighted by Gasteiger charge is -2.44. The van der Waals surface area contributed by atoms with Crippen molar-refractivity contribution in [2.75, 3.05) is 55.0 Å². The number of carbonyl (C=O) groups excluding carboxylic acids is 3. The number of imidazole rings is 1. The molecule has 4 saturated heterocycles. The summed E-state index contributed by atoms with van der Waals surface area (Å²) in [6, 6.07) is 4.97. The number of nitrogens with zero attached hydrogens (tertiary/aromatic N) is 10. The van der Waals surface area contributed by atoms with Crippen molar-refractivity contribution in [1.82, 2.24) is 43.7 Å². The van der Waals surface area contributed by atoms with E-state index in [1.165, 1.54) is 30.7 Å². The Kier molecular flexibility index (Phi) is 10.3. The summed E-state index contributed by atoms with van der Waals surface area (Å²) < 4.78 is 72.4. The maximum Gasteiger partial charge on any atom is 0.329 e. The number of ether oxygens (including phenoxy) is 1. The fraction of sp³-hybridized carbons (Fsp3) is 0.548.